The smallest absolute Gasteiger partial charge is 0.243 e. The summed E-state index contributed by atoms with van der Waals surface area (Å²) in [6, 6.07) is 24.0. The number of para-hydroxylation sites is 2. The van der Waals surface area contributed by atoms with Crippen molar-refractivity contribution in [2.24, 2.45) is 0 Å². The van der Waals surface area contributed by atoms with Crippen molar-refractivity contribution in [1.82, 2.24) is 14.9 Å². The Morgan fingerprint density at radius 1 is 1.07 bits per heavy atom. The van der Waals surface area contributed by atoms with Crippen LogP contribution >= 0.6 is 11.6 Å². The van der Waals surface area contributed by atoms with Gasteiger partial charge in [0.1, 0.15) is 5.82 Å². The molecule has 0 aliphatic heterocycles. The number of imidazole rings is 1. The summed E-state index contributed by atoms with van der Waals surface area (Å²) >= 11 is 6.04. The second kappa shape index (κ2) is 8.33. The van der Waals surface area contributed by atoms with Crippen LogP contribution in [0.4, 0.5) is 0 Å². The van der Waals surface area contributed by atoms with E-state index in [0.717, 1.165) is 38.6 Å². The van der Waals surface area contributed by atoms with Crippen LogP contribution in [0.1, 0.15) is 11.1 Å². The molecule has 0 bridgehead atoms. The van der Waals surface area contributed by atoms with Gasteiger partial charge in [-0.2, -0.15) is 0 Å². The highest BCUT2D eigenvalue weighted by atomic mass is 35.5. The zero-order valence-electron chi connectivity index (χ0n) is 16.0. The maximum atomic E-state index is 11.5. The standard InChI is InChI=1S/C24H20ClN3O/c1-26-23(29)14-11-17-5-4-6-19(15-17)24-27-21-7-2-3-8-22(21)28(24)16-18-9-12-20(25)13-10-18/h2-15H,16H2,1H3,(H,26,29)/b14-11+. The fourth-order valence-corrected chi connectivity index (χ4v) is 3.39. The van der Waals surface area contributed by atoms with E-state index in [-0.39, 0.29) is 5.91 Å². The minimum Gasteiger partial charge on any atom is -0.356 e. The highest BCUT2D eigenvalue weighted by Crippen LogP contribution is 2.27. The largest absolute Gasteiger partial charge is 0.356 e. The van der Waals surface area contributed by atoms with E-state index < -0.39 is 0 Å². The van der Waals surface area contributed by atoms with E-state index in [2.05, 4.69) is 16.0 Å². The van der Waals surface area contributed by atoms with Gasteiger partial charge in [0, 0.05) is 30.3 Å². The molecule has 0 fully saturated rings. The van der Waals surface area contributed by atoms with Gasteiger partial charge in [0.25, 0.3) is 0 Å². The van der Waals surface area contributed by atoms with E-state index in [0.29, 0.717) is 6.54 Å². The highest BCUT2D eigenvalue weighted by Gasteiger charge is 2.13. The first-order valence-corrected chi connectivity index (χ1v) is 9.72. The molecule has 0 aliphatic carbocycles. The molecular weight excluding hydrogens is 382 g/mol. The van der Waals surface area contributed by atoms with Gasteiger partial charge in [-0.1, -0.05) is 54.1 Å². The molecule has 29 heavy (non-hydrogen) atoms. The third-order valence-electron chi connectivity index (χ3n) is 4.73. The first-order chi connectivity index (χ1) is 14.1. The molecule has 1 aromatic heterocycles. The lowest BCUT2D eigenvalue weighted by Crippen LogP contribution is -2.13. The molecular formula is C24H20ClN3O. The molecule has 4 rings (SSSR count). The van der Waals surface area contributed by atoms with Crippen molar-refractivity contribution in [3.63, 3.8) is 0 Å². The summed E-state index contributed by atoms with van der Waals surface area (Å²) in [7, 11) is 1.61. The molecule has 4 aromatic rings. The van der Waals surface area contributed by atoms with Gasteiger partial charge in [-0.05, 0) is 47.5 Å². The molecule has 0 spiro atoms. The van der Waals surface area contributed by atoms with Crippen molar-refractivity contribution in [3.8, 4) is 11.4 Å². The average molecular weight is 402 g/mol. The molecule has 1 amide bonds. The van der Waals surface area contributed by atoms with Crippen LogP contribution in [-0.4, -0.2) is 22.5 Å². The Balaban J connectivity index is 1.78. The maximum absolute atomic E-state index is 11.5. The fraction of sp³-hybridized carbons (Fsp3) is 0.0833. The number of nitrogens with zero attached hydrogens (tertiary/aromatic N) is 2. The van der Waals surface area contributed by atoms with E-state index >= 15 is 0 Å². The maximum Gasteiger partial charge on any atom is 0.243 e. The van der Waals surface area contributed by atoms with E-state index in [1.165, 1.54) is 6.08 Å². The summed E-state index contributed by atoms with van der Waals surface area (Å²) < 4.78 is 2.21. The quantitative estimate of drug-likeness (QED) is 0.469. The minimum atomic E-state index is -0.134. The molecule has 0 aliphatic rings. The molecule has 5 heteroatoms. The van der Waals surface area contributed by atoms with Crippen LogP contribution in [0.3, 0.4) is 0 Å². The number of likely N-dealkylation sites (N-methyl/N-ethyl adjacent to an activating group) is 1. The normalized spacial score (nSPS) is 11.2. The number of halogens is 1. The zero-order chi connectivity index (χ0) is 20.2. The SMILES string of the molecule is CNC(=O)/C=C/c1cccc(-c2nc3ccccc3n2Cc2ccc(Cl)cc2)c1. The molecule has 1 heterocycles. The molecule has 0 saturated carbocycles. The second-order valence-corrected chi connectivity index (χ2v) is 7.15. The molecule has 3 aromatic carbocycles. The Labute approximate surface area is 174 Å². The van der Waals surface area contributed by atoms with Crippen molar-refractivity contribution in [2.45, 2.75) is 6.54 Å². The van der Waals surface area contributed by atoms with Crippen molar-refractivity contribution in [1.29, 1.82) is 0 Å². The van der Waals surface area contributed by atoms with Gasteiger partial charge >= 0.3 is 0 Å². The summed E-state index contributed by atoms with van der Waals surface area (Å²) in [5.74, 6) is 0.752. The predicted molar refractivity (Wildman–Crippen MR) is 119 cm³/mol. The Morgan fingerprint density at radius 3 is 2.66 bits per heavy atom. The fourth-order valence-electron chi connectivity index (χ4n) is 3.27. The Hall–Kier alpha value is -3.37. The van der Waals surface area contributed by atoms with Gasteiger partial charge in [-0.3, -0.25) is 4.79 Å². The van der Waals surface area contributed by atoms with Crippen molar-refractivity contribution in [3.05, 3.63) is 95.0 Å². The topological polar surface area (TPSA) is 46.9 Å². The molecule has 4 nitrogen and oxygen atoms in total. The number of amides is 1. The Kier molecular flexibility index (Phi) is 5.45. The van der Waals surface area contributed by atoms with Gasteiger partial charge in [-0.15, -0.1) is 0 Å². The highest BCUT2D eigenvalue weighted by molar-refractivity contribution is 6.30. The summed E-state index contributed by atoms with van der Waals surface area (Å²) in [6.45, 7) is 0.686. The van der Waals surface area contributed by atoms with Crippen LogP contribution in [0.2, 0.25) is 5.02 Å². The molecule has 0 saturated heterocycles. The number of hydrogen-bond acceptors (Lipinski definition) is 2. The molecule has 0 radical (unpaired) electrons. The van der Waals surface area contributed by atoms with Crippen LogP contribution in [-0.2, 0) is 11.3 Å². The summed E-state index contributed by atoms with van der Waals surface area (Å²) in [5, 5.41) is 3.31. The van der Waals surface area contributed by atoms with Crippen LogP contribution in [0.15, 0.2) is 78.9 Å². The van der Waals surface area contributed by atoms with Crippen LogP contribution in [0, 0.1) is 0 Å². The number of fused-ring (bicyclic) bond motifs is 1. The number of aromatic nitrogens is 2. The molecule has 144 valence electrons. The first kappa shape index (κ1) is 19.0. The van der Waals surface area contributed by atoms with Gasteiger partial charge in [0.15, 0.2) is 0 Å². The van der Waals surface area contributed by atoms with E-state index in [1.807, 2.05) is 66.7 Å². The number of rotatable bonds is 5. The molecule has 1 N–H and O–H groups in total. The number of carbonyl (C=O) groups is 1. The third-order valence-corrected chi connectivity index (χ3v) is 4.98. The van der Waals surface area contributed by atoms with Crippen molar-refractivity contribution in [2.75, 3.05) is 7.05 Å². The molecule has 0 unspecified atom stereocenters. The van der Waals surface area contributed by atoms with E-state index in [9.17, 15) is 4.79 Å². The Morgan fingerprint density at radius 2 is 1.86 bits per heavy atom. The van der Waals surface area contributed by atoms with Crippen LogP contribution < -0.4 is 5.32 Å². The van der Waals surface area contributed by atoms with Crippen molar-refractivity contribution >= 4 is 34.6 Å². The van der Waals surface area contributed by atoms with Gasteiger partial charge in [0.2, 0.25) is 5.91 Å². The number of hydrogen-bond donors (Lipinski definition) is 1. The monoisotopic (exact) mass is 401 g/mol. The number of benzene rings is 3. The van der Waals surface area contributed by atoms with E-state index in [1.54, 1.807) is 13.1 Å². The lowest BCUT2D eigenvalue weighted by molar-refractivity contribution is -0.115. The summed E-state index contributed by atoms with van der Waals surface area (Å²) in [5.41, 5.74) is 5.10. The third kappa shape index (κ3) is 4.23. The average Bonchev–Trinajstić information content (AvgIpc) is 3.12. The lowest BCUT2D eigenvalue weighted by Gasteiger charge is -2.10. The minimum absolute atomic E-state index is 0.134. The number of nitrogens with one attached hydrogen (secondary N) is 1. The summed E-state index contributed by atoms with van der Waals surface area (Å²) in [6.07, 6.45) is 3.32. The first-order valence-electron chi connectivity index (χ1n) is 9.34. The van der Waals surface area contributed by atoms with Gasteiger partial charge in [0.05, 0.1) is 11.0 Å². The second-order valence-electron chi connectivity index (χ2n) is 6.71. The number of carbonyl (C=O) groups excluding carboxylic acids is 1. The Bertz CT molecular complexity index is 1190. The van der Waals surface area contributed by atoms with Gasteiger partial charge < -0.3 is 9.88 Å². The lowest BCUT2D eigenvalue weighted by atomic mass is 10.1. The molecule has 0 atom stereocenters. The van der Waals surface area contributed by atoms with Crippen molar-refractivity contribution < 1.29 is 4.79 Å². The van der Waals surface area contributed by atoms with Gasteiger partial charge in [-0.25, -0.2) is 4.98 Å². The van der Waals surface area contributed by atoms with E-state index in [4.69, 9.17) is 16.6 Å². The van der Waals surface area contributed by atoms with Crippen LogP contribution in [0.25, 0.3) is 28.5 Å². The summed E-state index contributed by atoms with van der Waals surface area (Å²) in [4.78, 5) is 16.4. The zero-order valence-corrected chi connectivity index (χ0v) is 16.7. The van der Waals surface area contributed by atoms with Crippen LogP contribution in [0.5, 0.6) is 0 Å². The predicted octanol–water partition coefficient (Wildman–Crippen LogP) is 5.16.